The molecule has 9 heteroatoms. The second-order valence-electron chi connectivity index (χ2n) is 17.1. The number of carbonyl (C=O) groups is 1. The van der Waals surface area contributed by atoms with Crippen LogP contribution in [0.4, 0.5) is 0 Å². The summed E-state index contributed by atoms with van der Waals surface area (Å²) in [6.07, 6.45) is 58.8. The summed E-state index contributed by atoms with van der Waals surface area (Å²) in [5, 5.41) is 0. The van der Waals surface area contributed by atoms with Crippen molar-refractivity contribution in [1.82, 2.24) is 0 Å². The molecule has 0 spiro atoms. The molecule has 0 aliphatic carbocycles. The van der Waals surface area contributed by atoms with Crippen molar-refractivity contribution >= 4 is 13.8 Å². The van der Waals surface area contributed by atoms with Crippen molar-refractivity contribution < 1.29 is 37.3 Å². The SMILES string of the molecule is CC/C=C\C/C=C\C/C=C\C/C=C\CCCCCCCOCC(COP(=O)([O-])OCC[N+](C)(C)C)OC(=O)CCCCCCCC/C=C\C/C=C\C/C=C\CCCCCCC. The molecule has 0 bridgehead atoms. The van der Waals surface area contributed by atoms with Gasteiger partial charge in [-0.05, 0) is 89.9 Å². The first-order chi connectivity index (χ1) is 29.6. The number of rotatable bonds is 44. The lowest BCUT2D eigenvalue weighted by atomic mass is 10.1. The van der Waals surface area contributed by atoms with Gasteiger partial charge in [-0.15, -0.1) is 0 Å². The first kappa shape index (κ1) is 58.7. The van der Waals surface area contributed by atoms with E-state index in [1.165, 1.54) is 64.2 Å². The minimum absolute atomic E-state index is 0.0145. The Hall–Kier alpha value is -2.32. The maximum atomic E-state index is 12.7. The number of phosphoric acid groups is 1. The van der Waals surface area contributed by atoms with E-state index in [0.717, 1.165) is 96.3 Å². The summed E-state index contributed by atoms with van der Waals surface area (Å²) in [5.41, 5.74) is 0. The Balaban J connectivity index is 4.27. The van der Waals surface area contributed by atoms with Gasteiger partial charge in [0.15, 0.2) is 0 Å². The summed E-state index contributed by atoms with van der Waals surface area (Å²) in [7, 11) is 1.32. The van der Waals surface area contributed by atoms with Gasteiger partial charge in [0.05, 0.1) is 34.4 Å². The predicted octanol–water partition coefficient (Wildman–Crippen LogP) is 14.2. The zero-order chi connectivity index (χ0) is 44.8. The highest BCUT2D eigenvalue weighted by Crippen LogP contribution is 2.38. The molecular weight excluding hydrogens is 782 g/mol. The smallest absolute Gasteiger partial charge is 0.306 e. The van der Waals surface area contributed by atoms with E-state index in [4.69, 9.17) is 18.5 Å². The number of esters is 1. The number of ether oxygens (including phenoxy) is 2. The predicted molar refractivity (Wildman–Crippen MR) is 258 cm³/mol. The molecule has 0 aliphatic heterocycles. The summed E-state index contributed by atoms with van der Waals surface area (Å²) >= 11 is 0. The van der Waals surface area contributed by atoms with Crippen LogP contribution >= 0.6 is 7.82 Å². The lowest BCUT2D eigenvalue weighted by Crippen LogP contribution is -2.37. The average Bonchev–Trinajstić information content (AvgIpc) is 3.22. The molecule has 0 N–H and O–H groups in total. The first-order valence-electron chi connectivity index (χ1n) is 24.3. The van der Waals surface area contributed by atoms with Crippen molar-refractivity contribution in [1.29, 1.82) is 0 Å². The van der Waals surface area contributed by atoms with Gasteiger partial charge in [-0.2, -0.15) is 0 Å². The van der Waals surface area contributed by atoms with E-state index in [1.54, 1.807) is 0 Å². The highest BCUT2D eigenvalue weighted by Gasteiger charge is 2.20. The Kier molecular flexibility index (Phi) is 42.6. The largest absolute Gasteiger partial charge is 0.756 e. The van der Waals surface area contributed by atoms with Gasteiger partial charge in [0, 0.05) is 13.0 Å². The van der Waals surface area contributed by atoms with Crippen LogP contribution in [-0.2, 0) is 27.9 Å². The van der Waals surface area contributed by atoms with Crippen LogP contribution in [-0.4, -0.2) is 70.7 Å². The molecule has 352 valence electrons. The average molecular weight is 874 g/mol. The molecule has 0 heterocycles. The van der Waals surface area contributed by atoms with Gasteiger partial charge in [0.2, 0.25) is 0 Å². The standard InChI is InChI=1S/C52H92NO7P/c1-6-8-10-12-14-16-18-20-22-24-26-27-28-29-31-33-35-37-39-41-43-45-52(54)60-51(50-59-61(55,56)58-48-46-53(3,4)5)49-57-47-44-42-40-38-36-34-32-30-25-23-21-19-17-15-13-11-9-7-2/h9,11,15,17-18,20-21,23-24,26,28-30,32,51H,6-8,10,12-14,16,19,22,25,27,31,33-50H2,1-5H3/b11-9-,17-15-,20-18-,23-21-,26-24-,29-28-,32-30-. The number of unbranched alkanes of at least 4 members (excludes halogenated alkanes) is 16. The maximum Gasteiger partial charge on any atom is 0.306 e. The fourth-order valence-electron chi connectivity index (χ4n) is 6.19. The number of phosphoric ester groups is 1. The van der Waals surface area contributed by atoms with Crippen LogP contribution in [0.2, 0.25) is 0 Å². The van der Waals surface area contributed by atoms with Crippen molar-refractivity contribution in [2.24, 2.45) is 0 Å². The van der Waals surface area contributed by atoms with Crippen LogP contribution in [0.25, 0.3) is 0 Å². The molecule has 0 saturated heterocycles. The number of nitrogens with zero attached hydrogens (tertiary/aromatic N) is 1. The molecule has 2 atom stereocenters. The third-order valence-electron chi connectivity index (χ3n) is 9.93. The highest BCUT2D eigenvalue weighted by atomic mass is 31.2. The topological polar surface area (TPSA) is 94.1 Å². The molecular formula is C52H92NO7P. The normalized spacial score (nSPS) is 14.4. The molecule has 0 aromatic carbocycles. The molecule has 8 nitrogen and oxygen atoms in total. The molecule has 0 rings (SSSR count). The third-order valence-corrected chi connectivity index (χ3v) is 10.9. The number of carbonyl (C=O) groups excluding carboxylic acids is 1. The van der Waals surface area contributed by atoms with Gasteiger partial charge in [-0.25, -0.2) is 0 Å². The van der Waals surface area contributed by atoms with Crippen LogP contribution < -0.4 is 4.89 Å². The van der Waals surface area contributed by atoms with Crippen LogP contribution in [0.3, 0.4) is 0 Å². The molecule has 61 heavy (non-hydrogen) atoms. The number of hydrogen-bond donors (Lipinski definition) is 0. The molecule has 0 aromatic rings. The minimum atomic E-state index is -4.54. The number of allylic oxidation sites excluding steroid dienone is 14. The lowest BCUT2D eigenvalue weighted by molar-refractivity contribution is -0.870. The Morgan fingerprint density at radius 2 is 0.951 bits per heavy atom. The summed E-state index contributed by atoms with van der Waals surface area (Å²) in [4.78, 5) is 25.1. The summed E-state index contributed by atoms with van der Waals surface area (Å²) in [6, 6.07) is 0. The quantitative estimate of drug-likeness (QED) is 0.0198. The highest BCUT2D eigenvalue weighted by molar-refractivity contribution is 7.45. The van der Waals surface area contributed by atoms with E-state index >= 15 is 0 Å². The van der Waals surface area contributed by atoms with Gasteiger partial charge in [0.1, 0.15) is 19.3 Å². The van der Waals surface area contributed by atoms with E-state index in [0.29, 0.717) is 17.6 Å². The van der Waals surface area contributed by atoms with Crippen LogP contribution in [0, 0.1) is 0 Å². The van der Waals surface area contributed by atoms with Gasteiger partial charge in [-0.3, -0.25) is 9.36 Å². The van der Waals surface area contributed by atoms with Crippen molar-refractivity contribution in [2.45, 2.75) is 187 Å². The van der Waals surface area contributed by atoms with Crippen LogP contribution in [0.5, 0.6) is 0 Å². The molecule has 0 aliphatic rings. The van der Waals surface area contributed by atoms with Gasteiger partial charge in [-0.1, -0.05) is 170 Å². The molecule has 0 radical (unpaired) electrons. The Bertz CT molecular complexity index is 1250. The summed E-state index contributed by atoms with van der Waals surface area (Å²) < 4.78 is 34.7. The van der Waals surface area contributed by atoms with Crippen molar-refractivity contribution in [3.8, 4) is 0 Å². The van der Waals surface area contributed by atoms with Crippen LogP contribution in [0.15, 0.2) is 85.1 Å². The zero-order valence-corrected chi connectivity index (χ0v) is 40.7. The molecule has 0 saturated carbocycles. The fourth-order valence-corrected chi connectivity index (χ4v) is 6.92. The molecule has 2 unspecified atom stereocenters. The second-order valence-corrected chi connectivity index (χ2v) is 18.5. The molecule has 0 amide bonds. The van der Waals surface area contributed by atoms with Crippen molar-refractivity contribution in [3.63, 3.8) is 0 Å². The van der Waals surface area contributed by atoms with Crippen LogP contribution in [0.1, 0.15) is 181 Å². The third kappa shape index (κ3) is 48.6. The zero-order valence-electron chi connectivity index (χ0n) is 39.8. The number of hydrogen-bond acceptors (Lipinski definition) is 7. The van der Waals surface area contributed by atoms with E-state index in [-0.39, 0.29) is 32.2 Å². The second kappa shape index (κ2) is 44.3. The maximum absolute atomic E-state index is 12.7. The fraction of sp³-hybridized carbons (Fsp3) is 0.712. The van der Waals surface area contributed by atoms with E-state index in [2.05, 4.69) is 98.9 Å². The van der Waals surface area contributed by atoms with E-state index in [9.17, 15) is 14.3 Å². The Labute approximate surface area is 375 Å². The Morgan fingerprint density at radius 3 is 1.43 bits per heavy atom. The lowest BCUT2D eigenvalue weighted by Gasteiger charge is -2.28. The Morgan fingerprint density at radius 1 is 0.525 bits per heavy atom. The van der Waals surface area contributed by atoms with Crippen molar-refractivity contribution in [3.05, 3.63) is 85.1 Å². The van der Waals surface area contributed by atoms with E-state index in [1.807, 2.05) is 21.1 Å². The van der Waals surface area contributed by atoms with E-state index < -0.39 is 13.9 Å². The summed E-state index contributed by atoms with van der Waals surface area (Å²) in [5.74, 6) is -0.356. The molecule has 0 fully saturated rings. The number of quaternary nitrogens is 1. The minimum Gasteiger partial charge on any atom is -0.756 e. The van der Waals surface area contributed by atoms with Gasteiger partial charge < -0.3 is 27.9 Å². The molecule has 0 aromatic heterocycles. The van der Waals surface area contributed by atoms with Crippen molar-refractivity contribution in [2.75, 3.05) is 54.1 Å². The van der Waals surface area contributed by atoms with Gasteiger partial charge >= 0.3 is 5.97 Å². The number of likely N-dealkylation sites (N-methyl/N-ethyl adjacent to an activating group) is 1. The monoisotopic (exact) mass is 874 g/mol. The first-order valence-corrected chi connectivity index (χ1v) is 25.8. The van der Waals surface area contributed by atoms with Gasteiger partial charge in [0.25, 0.3) is 7.82 Å². The summed E-state index contributed by atoms with van der Waals surface area (Å²) in [6.45, 7) is 5.21.